The predicted octanol–water partition coefficient (Wildman–Crippen LogP) is 1.39. The molecular weight excluding hydrogens is 340 g/mol. The Morgan fingerprint density at radius 2 is 2.36 bits per heavy atom. The second kappa shape index (κ2) is 6.25. The summed E-state index contributed by atoms with van der Waals surface area (Å²) < 4.78 is 1.04. The van der Waals surface area contributed by atoms with Crippen molar-refractivity contribution >= 4 is 38.5 Å². The van der Waals surface area contributed by atoms with Crippen LogP contribution in [0.2, 0.25) is 0 Å². The average molecular weight is 356 g/mol. The molecule has 128 valence electrons. The summed E-state index contributed by atoms with van der Waals surface area (Å²) in [5.74, 6) is -0.0416. The third kappa shape index (κ3) is 3.10. The number of amides is 2. The first-order valence-corrected chi connectivity index (χ1v) is 8.71. The van der Waals surface area contributed by atoms with Crippen LogP contribution in [0.4, 0.5) is 5.13 Å². The zero-order valence-electron chi connectivity index (χ0n) is 13.5. The first kappa shape index (κ1) is 15.7. The number of H-pyrrole nitrogens is 1. The summed E-state index contributed by atoms with van der Waals surface area (Å²) in [6.45, 7) is 2.64. The van der Waals surface area contributed by atoms with Crippen LogP contribution in [0, 0.1) is 12.8 Å². The largest absolute Gasteiger partial charge is 0.349 e. The molecule has 1 fully saturated rings. The quantitative estimate of drug-likeness (QED) is 0.735. The number of aryl methyl sites for hydroxylation is 1. The summed E-state index contributed by atoms with van der Waals surface area (Å²) in [6, 6.07) is 6.00. The minimum atomic E-state index is -0.385. The molecule has 3 heterocycles. The molecular formula is C16H16N6O2S. The number of aromatic nitrogens is 4. The van der Waals surface area contributed by atoms with Crippen molar-refractivity contribution in [2.45, 2.75) is 19.9 Å². The van der Waals surface area contributed by atoms with E-state index in [9.17, 15) is 9.59 Å². The van der Waals surface area contributed by atoms with Gasteiger partial charge in [-0.05, 0) is 24.6 Å². The second-order valence-electron chi connectivity index (χ2n) is 6.02. The van der Waals surface area contributed by atoms with Gasteiger partial charge in [-0.25, -0.2) is 9.97 Å². The Hall–Kier alpha value is -2.81. The molecule has 2 aromatic heterocycles. The van der Waals surface area contributed by atoms with Gasteiger partial charge in [0.25, 0.3) is 0 Å². The topological polar surface area (TPSA) is 104 Å². The number of carbonyl (C=O) groups excluding carboxylic acids is 2. The number of aromatic amines is 1. The Balaban J connectivity index is 1.46. The van der Waals surface area contributed by atoms with Gasteiger partial charge in [-0.1, -0.05) is 17.4 Å². The highest BCUT2D eigenvalue weighted by Crippen LogP contribution is 2.33. The molecule has 0 bridgehead atoms. The number of benzene rings is 1. The fraction of sp³-hybridized carbons (Fsp3) is 0.312. The number of rotatable bonds is 4. The van der Waals surface area contributed by atoms with Crippen molar-refractivity contribution in [3.05, 3.63) is 35.9 Å². The lowest BCUT2D eigenvalue weighted by Gasteiger charge is -2.12. The van der Waals surface area contributed by atoms with Crippen LogP contribution >= 0.6 is 11.3 Å². The molecule has 4 rings (SSSR count). The fourth-order valence-electron chi connectivity index (χ4n) is 2.83. The number of thiazole rings is 1. The van der Waals surface area contributed by atoms with Crippen LogP contribution in [0.3, 0.4) is 0 Å². The number of carbonyl (C=O) groups is 2. The minimum Gasteiger partial charge on any atom is -0.349 e. The summed E-state index contributed by atoms with van der Waals surface area (Å²) in [5.41, 5.74) is 2.02. The predicted molar refractivity (Wildman–Crippen MR) is 93.0 cm³/mol. The fourth-order valence-corrected chi connectivity index (χ4v) is 3.92. The van der Waals surface area contributed by atoms with Gasteiger partial charge in [0.2, 0.25) is 11.8 Å². The Labute approximate surface area is 147 Å². The molecule has 0 aliphatic carbocycles. The van der Waals surface area contributed by atoms with Gasteiger partial charge in [0.05, 0.1) is 22.7 Å². The molecule has 1 aliphatic rings. The smallest absolute Gasteiger partial charge is 0.229 e. The van der Waals surface area contributed by atoms with Crippen molar-refractivity contribution in [3.63, 3.8) is 0 Å². The first-order chi connectivity index (χ1) is 12.1. The van der Waals surface area contributed by atoms with Gasteiger partial charge in [-0.3, -0.25) is 19.6 Å². The molecule has 1 aromatic carbocycles. The zero-order chi connectivity index (χ0) is 17.4. The Bertz CT molecular complexity index is 935. The van der Waals surface area contributed by atoms with E-state index in [0.29, 0.717) is 17.5 Å². The van der Waals surface area contributed by atoms with Crippen molar-refractivity contribution in [1.29, 1.82) is 0 Å². The molecule has 2 amide bonds. The SMILES string of the molecule is Cc1ccc2nc(N3CC(C(=O)NCc4ncn[nH]4)CC3=O)sc2c1. The van der Waals surface area contributed by atoms with E-state index in [0.717, 1.165) is 15.8 Å². The number of fused-ring (bicyclic) bond motifs is 1. The molecule has 1 atom stereocenters. The Morgan fingerprint density at radius 3 is 3.16 bits per heavy atom. The highest BCUT2D eigenvalue weighted by atomic mass is 32.1. The van der Waals surface area contributed by atoms with E-state index in [4.69, 9.17) is 0 Å². The van der Waals surface area contributed by atoms with E-state index in [2.05, 4.69) is 31.5 Å². The van der Waals surface area contributed by atoms with Gasteiger partial charge in [0.1, 0.15) is 12.2 Å². The number of anilines is 1. The number of hydrogen-bond donors (Lipinski definition) is 2. The maximum absolute atomic E-state index is 12.4. The highest BCUT2D eigenvalue weighted by Gasteiger charge is 2.36. The molecule has 3 aromatic rings. The van der Waals surface area contributed by atoms with Gasteiger partial charge >= 0.3 is 0 Å². The summed E-state index contributed by atoms with van der Waals surface area (Å²) in [7, 11) is 0. The third-order valence-corrected chi connectivity index (χ3v) is 5.20. The lowest BCUT2D eigenvalue weighted by molar-refractivity contribution is -0.126. The molecule has 9 heteroatoms. The molecule has 8 nitrogen and oxygen atoms in total. The number of nitrogens with one attached hydrogen (secondary N) is 2. The molecule has 0 radical (unpaired) electrons. The number of nitrogens with zero attached hydrogens (tertiary/aromatic N) is 4. The van der Waals surface area contributed by atoms with Crippen molar-refractivity contribution in [2.75, 3.05) is 11.4 Å². The van der Waals surface area contributed by atoms with E-state index in [1.54, 1.807) is 4.90 Å². The normalized spacial score (nSPS) is 17.4. The van der Waals surface area contributed by atoms with Crippen LogP contribution in [-0.4, -0.2) is 38.5 Å². The summed E-state index contributed by atoms with van der Waals surface area (Å²) >= 11 is 1.48. The van der Waals surface area contributed by atoms with Crippen LogP contribution < -0.4 is 10.2 Å². The standard InChI is InChI=1S/C16H16N6O2S/c1-9-2-3-11-12(4-9)25-16(20-11)22-7-10(5-14(22)23)15(24)17-6-13-18-8-19-21-13/h2-4,8,10H,5-7H2,1H3,(H,17,24)(H,18,19,21). The van der Waals surface area contributed by atoms with E-state index < -0.39 is 0 Å². The van der Waals surface area contributed by atoms with Crippen LogP contribution in [-0.2, 0) is 16.1 Å². The van der Waals surface area contributed by atoms with Crippen LogP contribution in [0.15, 0.2) is 24.5 Å². The molecule has 0 spiro atoms. The summed E-state index contributed by atoms with van der Waals surface area (Å²) in [5, 5.41) is 9.85. The second-order valence-corrected chi connectivity index (χ2v) is 7.03. The van der Waals surface area contributed by atoms with Crippen molar-refractivity contribution in [1.82, 2.24) is 25.5 Å². The van der Waals surface area contributed by atoms with Gasteiger partial charge in [-0.15, -0.1) is 0 Å². The third-order valence-electron chi connectivity index (χ3n) is 4.15. The lowest BCUT2D eigenvalue weighted by Crippen LogP contribution is -2.32. The van der Waals surface area contributed by atoms with Crippen molar-refractivity contribution < 1.29 is 9.59 Å². The maximum Gasteiger partial charge on any atom is 0.229 e. The molecule has 1 aliphatic heterocycles. The molecule has 1 saturated heterocycles. The van der Waals surface area contributed by atoms with Crippen LogP contribution in [0.5, 0.6) is 0 Å². The van der Waals surface area contributed by atoms with Crippen molar-refractivity contribution in [2.24, 2.45) is 5.92 Å². The molecule has 1 unspecified atom stereocenters. The van der Waals surface area contributed by atoms with Gasteiger partial charge in [0, 0.05) is 13.0 Å². The van der Waals surface area contributed by atoms with Crippen LogP contribution in [0.1, 0.15) is 17.8 Å². The van der Waals surface area contributed by atoms with Crippen molar-refractivity contribution in [3.8, 4) is 0 Å². The molecule has 0 saturated carbocycles. The highest BCUT2D eigenvalue weighted by molar-refractivity contribution is 7.22. The molecule has 2 N–H and O–H groups in total. The van der Waals surface area contributed by atoms with E-state index in [-0.39, 0.29) is 30.7 Å². The van der Waals surface area contributed by atoms with Gasteiger partial charge < -0.3 is 5.32 Å². The Morgan fingerprint density at radius 1 is 1.48 bits per heavy atom. The number of hydrogen-bond acceptors (Lipinski definition) is 6. The van der Waals surface area contributed by atoms with E-state index in [1.165, 1.54) is 17.7 Å². The minimum absolute atomic E-state index is 0.0735. The van der Waals surface area contributed by atoms with Gasteiger partial charge in [-0.2, -0.15) is 5.10 Å². The molecule has 25 heavy (non-hydrogen) atoms. The van der Waals surface area contributed by atoms with Gasteiger partial charge in [0.15, 0.2) is 5.13 Å². The summed E-state index contributed by atoms with van der Waals surface area (Å²) in [4.78, 5) is 34.8. The average Bonchev–Trinajstić information content (AvgIpc) is 3.31. The monoisotopic (exact) mass is 356 g/mol. The van der Waals surface area contributed by atoms with E-state index in [1.807, 2.05) is 19.1 Å². The lowest BCUT2D eigenvalue weighted by atomic mass is 10.1. The van der Waals surface area contributed by atoms with E-state index >= 15 is 0 Å². The Kier molecular flexibility index (Phi) is 3.92. The summed E-state index contributed by atoms with van der Waals surface area (Å²) in [6.07, 6.45) is 1.58. The van der Waals surface area contributed by atoms with Crippen LogP contribution in [0.25, 0.3) is 10.2 Å². The first-order valence-electron chi connectivity index (χ1n) is 7.89. The zero-order valence-corrected chi connectivity index (χ0v) is 14.3. The maximum atomic E-state index is 12.4.